The summed E-state index contributed by atoms with van der Waals surface area (Å²) in [4.78, 5) is 36.9. The Kier molecular flexibility index (Phi) is 6.72. The third-order valence-corrected chi connectivity index (χ3v) is 5.65. The van der Waals surface area contributed by atoms with Gasteiger partial charge in [0.25, 0.3) is 5.56 Å². The number of fused-ring (bicyclic) bond motifs is 1. The van der Waals surface area contributed by atoms with E-state index in [0.717, 1.165) is 6.20 Å². The summed E-state index contributed by atoms with van der Waals surface area (Å²) in [7, 11) is 1.52. The van der Waals surface area contributed by atoms with Crippen LogP contribution >= 0.6 is 0 Å². The maximum Gasteiger partial charge on any atom is 0.256 e. The van der Waals surface area contributed by atoms with E-state index in [1.54, 1.807) is 36.4 Å². The summed E-state index contributed by atoms with van der Waals surface area (Å²) in [5.74, 6) is -3.39. The predicted molar refractivity (Wildman–Crippen MR) is 124 cm³/mol. The van der Waals surface area contributed by atoms with E-state index in [1.165, 1.54) is 20.2 Å². The summed E-state index contributed by atoms with van der Waals surface area (Å²) in [6.45, 7) is 1.48. The van der Waals surface area contributed by atoms with Crippen molar-refractivity contribution in [3.63, 3.8) is 0 Å². The number of aromatic hydroxyl groups is 1. The lowest BCUT2D eigenvalue weighted by atomic mass is 9.90. The standard InChI is InChI=1S/C25H22F2N4O4/c1-13(21-18(27)11-15(26)12-29-21)30-24(33)17(10-14-5-7-16(35-2)8-6-14)20-23(32)22-19(31-25(20)34)4-3-9-28-22/h3-9,11-13,17H,10H2,1-2H3,(H,30,33)(H2,31,32,34)/t13-,17+/m0/s1. The number of nitrogens with one attached hydrogen (secondary N) is 2. The molecule has 0 bridgehead atoms. The van der Waals surface area contributed by atoms with E-state index in [1.807, 2.05) is 0 Å². The second kappa shape index (κ2) is 9.88. The fraction of sp³-hybridized carbons (Fsp3) is 0.200. The lowest BCUT2D eigenvalue weighted by molar-refractivity contribution is -0.123. The van der Waals surface area contributed by atoms with Crippen molar-refractivity contribution < 1.29 is 23.4 Å². The van der Waals surface area contributed by atoms with Gasteiger partial charge in [-0.1, -0.05) is 12.1 Å². The third kappa shape index (κ3) is 4.96. The molecule has 0 saturated heterocycles. The van der Waals surface area contributed by atoms with Crippen molar-refractivity contribution in [3.05, 3.63) is 93.7 Å². The van der Waals surface area contributed by atoms with E-state index < -0.39 is 40.8 Å². The fourth-order valence-electron chi connectivity index (χ4n) is 3.89. The Morgan fingerprint density at radius 3 is 2.63 bits per heavy atom. The Morgan fingerprint density at radius 1 is 1.20 bits per heavy atom. The van der Waals surface area contributed by atoms with Crippen molar-refractivity contribution in [2.45, 2.75) is 25.3 Å². The SMILES string of the molecule is COc1ccc(C[C@@H](C(=O)N[C@@H](C)c2ncc(F)cc2F)c2c(O)c3ncccc3[nH]c2=O)cc1. The topological polar surface area (TPSA) is 117 Å². The molecule has 0 saturated carbocycles. The van der Waals surface area contributed by atoms with Crippen LogP contribution in [0.15, 0.2) is 59.7 Å². The van der Waals surface area contributed by atoms with Crippen LogP contribution in [0.1, 0.15) is 35.7 Å². The number of nitrogens with zero attached hydrogens (tertiary/aromatic N) is 2. The number of benzene rings is 1. The first-order valence-corrected chi connectivity index (χ1v) is 10.7. The molecular formula is C25H22F2N4O4. The molecule has 0 aliphatic heterocycles. The molecule has 0 fully saturated rings. The van der Waals surface area contributed by atoms with Crippen molar-refractivity contribution >= 4 is 16.9 Å². The van der Waals surface area contributed by atoms with E-state index in [2.05, 4.69) is 20.3 Å². The number of carbonyl (C=O) groups excluding carboxylic acids is 1. The Balaban J connectivity index is 1.75. The number of hydrogen-bond acceptors (Lipinski definition) is 6. The first-order valence-electron chi connectivity index (χ1n) is 10.7. The quantitative estimate of drug-likeness (QED) is 0.373. The molecule has 0 radical (unpaired) electrons. The highest BCUT2D eigenvalue weighted by Crippen LogP contribution is 2.31. The molecule has 1 aromatic carbocycles. The van der Waals surface area contributed by atoms with Crippen LogP contribution < -0.4 is 15.6 Å². The highest BCUT2D eigenvalue weighted by Gasteiger charge is 2.30. The number of amides is 1. The molecule has 35 heavy (non-hydrogen) atoms. The van der Waals surface area contributed by atoms with E-state index in [-0.39, 0.29) is 23.2 Å². The number of aromatic nitrogens is 3. The van der Waals surface area contributed by atoms with Crippen molar-refractivity contribution in [2.24, 2.45) is 0 Å². The van der Waals surface area contributed by atoms with Gasteiger partial charge in [0.05, 0.1) is 42.0 Å². The monoisotopic (exact) mass is 480 g/mol. The Hall–Kier alpha value is -4.34. The van der Waals surface area contributed by atoms with Crippen LogP contribution in [-0.2, 0) is 11.2 Å². The number of aromatic amines is 1. The number of methoxy groups -OCH3 is 1. The molecule has 4 aromatic rings. The summed E-state index contributed by atoms with van der Waals surface area (Å²) in [6, 6.07) is 9.78. The minimum Gasteiger partial charge on any atom is -0.505 e. The average Bonchev–Trinajstić information content (AvgIpc) is 2.83. The second-order valence-electron chi connectivity index (χ2n) is 7.97. The van der Waals surface area contributed by atoms with Gasteiger partial charge in [0, 0.05) is 12.3 Å². The molecule has 3 aromatic heterocycles. The molecule has 4 rings (SSSR count). The number of halogens is 2. The van der Waals surface area contributed by atoms with Gasteiger partial charge in [-0.2, -0.15) is 0 Å². The molecule has 0 aliphatic carbocycles. The maximum atomic E-state index is 14.2. The zero-order valence-electron chi connectivity index (χ0n) is 18.9. The zero-order chi connectivity index (χ0) is 25.1. The highest BCUT2D eigenvalue weighted by molar-refractivity contribution is 5.89. The Bertz CT molecular complexity index is 1440. The van der Waals surface area contributed by atoms with Gasteiger partial charge in [-0.25, -0.2) is 8.78 Å². The van der Waals surface area contributed by atoms with E-state index in [0.29, 0.717) is 22.9 Å². The Morgan fingerprint density at radius 2 is 1.94 bits per heavy atom. The molecule has 0 unspecified atom stereocenters. The molecular weight excluding hydrogens is 458 g/mol. The molecule has 10 heteroatoms. The van der Waals surface area contributed by atoms with Crippen LogP contribution in [-0.4, -0.2) is 33.1 Å². The normalized spacial score (nSPS) is 12.8. The molecule has 3 N–H and O–H groups in total. The highest BCUT2D eigenvalue weighted by atomic mass is 19.1. The Labute approximate surface area is 198 Å². The summed E-state index contributed by atoms with van der Waals surface area (Å²) in [6.07, 6.45) is 2.34. The van der Waals surface area contributed by atoms with Crippen molar-refractivity contribution in [2.75, 3.05) is 7.11 Å². The predicted octanol–water partition coefficient (Wildman–Crippen LogP) is 3.51. The summed E-state index contributed by atoms with van der Waals surface area (Å²) < 4.78 is 32.7. The minimum atomic E-state index is -1.16. The lowest BCUT2D eigenvalue weighted by Gasteiger charge is -2.21. The van der Waals surface area contributed by atoms with Gasteiger partial charge in [-0.3, -0.25) is 19.6 Å². The van der Waals surface area contributed by atoms with Gasteiger partial charge < -0.3 is 20.1 Å². The van der Waals surface area contributed by atoms with Gasteiger partial charge >= 0.3 is 0 Å². The first kappa shape index (κ1) is 23.8. The van der Waals surface area contributed by atoms with Gasteiger partial charge in [-0.15, -0.1) is 0 Å². The number of hydrogen-bond donors (Lipinski definition) is 3. The maximum absolute atomic E-state index is 14.2. The van der Waals surface area contributed by atoms with Crippen LogP contribution in [0.25, 0.3) is 11.0 Å². The average molecular weight is 480 g/mol. The molecule has 0 spiro atoms. The van der Waals surface area contributed by atoms with E-state index >= 15 is 0 Å². The van der Waals surface area contributed by atoms with Crippen LogP contribution in [0.4, 0.5) is 8.78 Å². The van der Waals surface area contributed by atoms with Gasteiger partial charge in [0.15, 0.2) is 5.75 Å². The van der Waals surface area contributed by atoms with E-state index in [4.69, 9.17) is 4.74 Å². The fourth-order valence-corrected chi connectivity index (χ4v) is 3.89. The summed E-state index contributed by atoms with van der Waals surface area (Å²) >= 11 is 0. The van der Waals surface area contributed by atoms with Crippen LogP contribution in [0.2, 0.25) is 0 Å². The van der Waals surface area contributed by atoms with Gasteiger partial charge in [-0.05, 0) is 43.2 Å². The third-order valence-electron chi connectivity index (χ3n) is 5.65. The number of carbonyl (C=O) groups is 1. The lowest BCUT2D eigenvalue weighted by Crippen LogP contribution is -2.36. The molecule has 0 aliphatic rings. The van der Waals surface area contributed by atoms with Crippen LogP contribution in [0, 0.1) is 11.6 Å². The second-order valence-corrected chi connectivity index (χ2v) is 7.97. The number of pyridine rings is 3. The van der Waals surface area contributed by atoms with Crippen LogP contribution in [0.5, 0.6) is 11.5 Å². The summed E-state index contributed by atoms with van der Waals surface area (Å²) in [5, 5.41) is 13.6. The number of rotatable bonds is 7. The number of ether oxygens (including phenoxy) is 1. The molecule has 8 nitrogen and oxygen atoms in total. The van der Waals surface area contributed by atoms with Gasteiger partial charge in [0.1, 0.15) is 22.9 Å². The summed E-state index contributed by atoms with van der Waals surface area (Å²) in [5.41, 5.74) is 0.132. The van der Waals surface area contributed by atoms with Crippen LogP contribution in [0.3, 0.4) is 0 Å². The van der Waals surface area contributed by atoms with Crippen molar-refractivity contribution in [1.29, 1.82) is 0 Å². The minimum absolute atomic E-state index is 0.0385. The number of H-pyrrole nitrogens is 1. The van der Waals surface area contributed by atoms with Crippen molar-refractivity contribution in [3.8, 4) is 11.5 Å². The molecule has 3 heterocycles. The smallest absolute Gasteiger partial charge is 0.256 e. The largest absolute Gasteiger partial charge is 0.505 e. The molecule has 180 valence electrons. The molecule has 1 amide bonds. The van der Waals surface area contributed by atoms with E-state index in [9.17, 15) is 23.5 Å². The molecule has 2 atom stereocenters. The first-order chi connectivity index (χ1) is 16.8. The zero-order valence-corrected chi connectivity index (χ0v) is 18.9. The van der Waals surface area contributed by atoms with Crippen molar-refractivity contribution in [1.82, 2.24) is 20.3 Å². The van der Waals surface area contributed by atoms with Gasteiger partial charge in [0.2, 0.25) is 5.91 Å².